The summed E-state index contributed by atoms with van der Waals surface area (Å²) in [5.74, 6) is 1.85. The number of aromatic nitrogens is 2. The van der Waals surface area contributed by atoms with Gasteiger partial charge in [0.25, 0.3) is 5.91 Å². The maximum atomic E-state index is 13.1. The maximum absolute atomic E-state index is 13.1. The van der Waals surface area contributed by atoms with Crippen molar-refractivity contribution >= 4 is 16.8 Å². The zero-order valence-corrected chi connectivity index (χ0v) is 17.0. The van der Waals surface area contributed by atoms with E-state index in [-0.39, 0.29) is 5.91 Å². The number of hydrogen-bond donors (Lipinski definition) is 1. The number of methoxy groups -OCH3 is 1. The van der Waals surface area contributed by atoms with Gasteiger partial charge in [0, 0.05) is 35.6 Å². The number of ether oxygens (including phenoxy) is 2. The van der Waals surface area contributed by atoms with E-state index in [1.165, 1.54) is 0 Å². The molecule has 6 nitrogen and oxygen atoms in total. The Bertz CT molecular complexity index is 1250. The summed E-state index contributed by atoms with van der Waals surface area (Å²) in [7, 11) is 1.64. The van der Waals surface area contributed by atoms with Crippen LogP contribution in [0.3, 0.4) is 0 Å². The van der Waals surface area contributed by atoms with Crippen LogP contribution in [-0.2, 0) is 5.54 Å². The van der Waals surface area contributed by atoms with Crippen LogP contribution in [0, 0.1) is 0 Å². The molecule has 6 heteroatoms. The molecule has 0 unspecified atom stereocenters. The summed E-state index contributed by atoms with van der Waals surface area (Å²) in [6.07, 6.45) is 6.82. The number of nitrogens with zero attached hydrogens (tertiary/aromatic N) is 2. The largest absolute Gasteiger partial charge is 0.497 e. The number of amides is 1. The van der Waals surface area contributed by atoms with Gasteiger partial charge in [-0.2, -0.15) is 0 Å². The monoisotopic (exact) mass is 411 g/mol. The summed E-state index contributed by atoms with van der Waals surface area (Å²) in [5, 5.41) is 4.27. The second kappa shape index (κ2) is 7.72. The average Bonchev–Trinajstić information content (AvgIpc) is 3.59. The number of pyridine rings is 2. The van der Waals surface area contributed by atoms with Crippen molar-refractivity contribution in [1.29, 1.82) is 0 Å². The molecule has 154 valence electrons. The Balaban J connectivity index is 1.42. The standard InChI is InChI=1S/C25H21N3O3/c1-30-20-15-22(21-6-3-11-27-23(21)16-20)25(9-10-25)28-24(29)17-4-2-5-19(14-17)31-18-7-12-26-13-8-18/h2-8,11-16H,9-10H2,1H3,(H,28,29). The normalized spacial score (nSPS) is 14.1. The number of nitrogens with one attached hydrogen (secondary N) is 1. The topological polar surface area (TPSA) is 73.3 Å². The first-order valence-corrected chi connectivity index (χ1v) is 10.1. The predicted octanol–water partition coefficient (Wildman–Crippen LogP) is 4.85. The molecule has 1 aliphatic carbocycles. The number of benzene rings is 2. The number of rotatable bonds is 6. The third-order valence-electron chi connectivity index (χ3n) is 5.53. The molecule has 0 aliphatic heterocycles. The van der Waals surface area contributed by atoms with Crippen LogP contribution < -0.4 is 14.8 Å². The van der Waals surface area contributed by atoms with Crippen LogP contribution in [0.25, 0.3) is 10.9 Å². The first-order valence-electron chi connectivity index (χ1n) is 10.1. The van der Waals surface area contributed by atoms with Crippen molar-refractivity contribution in [3.8, 4) is 17.2 Å². The molecule has 0 saturated heterocycles. The lowest BCUT2D eigenvalue weighted by molar-refractivity contribution is 0.0930. The highest BCUT2D eigenvalue weighted by Gasteiger charge is 2.47. The summed E-state index contributed by atoms with van der Waals surface area (Å²) in [5.41, 5.74) is 2.01. The van der Waals surface area contributed by atoms with Crippen molar-refractivity contribution in [2.24, 2.45) is 0 Å². The Morgan fingerprint density at radius 2 is 1.77 bits per heavy atom. The highest BCUT2D eigenvalue weighted by molar-refractivity contribution is 5.96. The van der Waals surface area contributed by atoms with Gasteiger partial charge < -0.3 is 14.8 Å². The van der Waals surface area contributed by atoms with E-state index in [1.54, 1.807) is 50.0 Å². The first-order chi connectivity index (χ1) is 15.2. The van der Waals surface area contributed by atoms with Gasteiger partial charge in [-0.3, -0.25) is 14.8 Å². The minimum Gasteiger partial charge on any atom is -0.497 e. The third kappa shape index (κ3) is 3.80. The minimum atomic E-state index is -0.422. The first kappa shape index (κ1) is 19.1. The predicted molar refractivity (Wildman–Crippen MR) is 117 cm³/mol. The maximum Gasteiger partial charge on any atom is 0.252 e. The summed E-state index contributed by atoms with van der Waals surface area (Å²) < 4.78 is 11.3. The van der Waals surface area contributed by atoms with E-state index in [0.29, 0.717) is 17.1 Å². The fraction of sp³-hybridized carbons (Fsp3) is 0.160. The molecule has 0 bridgehead atoms. The van der Waals surface area contributed by atoms with E-state index in [4.69, 9.17) is 9.47 Å². The SMILES string of the molecule is COc1cc(C2(NC(=O)c3cccc(Oc4ccncc4)c3)CC2)c2cccnc2c1. The van der Waals surface area contributed by atoms with Crippen molar-refractivity contribution in [1.82, 2.24) is 15.3 Å². The van der Waals surface area contributed by atoms with Gasteiger partial charge in [-0.1, -0.05) is 12.1 Å². The van der Waals surface area contributed by atoms with Crippen LogP contribution >= 0.6 is 0 Å². The quantitative estimate of drug-likeness (QED) is 0.491. The van der Waals surface area contributed by atoms with Gasteiger partial charge in [-0.15, -0.1) is 0 Å². The smallest absolute Gasteiger partial charge is 0.252 e. The lowest BCUT2D eigenvalue weighted by atomic mass is 9.98. The van der Waals surface area contributed by atoms with Crippen LogP contribution in [0.4, 0.5) is 0 Å². The highest BCUT2D eigenvalue weighted by atomic mass is 16.5. The van der Waals surface area contributed by atoms with Gasteiger partial charge in [0.1, 0.15) is 17.2 Å². The Morgan fingerprint density at radius 1 is 0.935 bits per heavy atom. The molecule has 2 aromatic heterocycles. The van der Waals surface area contributed by atoms with Gasteiger partial charge >= 0.3 is 0 Å². The number of fused-ring (bicyclic) bond motifs is 1. The molecule has 1 amide bonds. The number of carbonyl (C=O) groups is 1. The second-order valence-corrected chi connectivity index (χ2v) is 7.59. The summed E-state index contributed by atoms with van der Waals surface area (Å²) in [6.45, 7) is 0. The third-order valence-corrected chi connectivity index (χ3v) is 5.53. The molecule has 5 rings (SSSR count). The van der Waals surface area contributed by atoms with Crippen molar-refractivity contribution in [2.45, 2.75) is 18.4 Å². The minimum absolute atomic E-state index is 0.141. The molecular formula is C25H21N3O3. The zero-order chi connectivity index (χ0) is 21.3. The van der Waals surface area contributed by atoms with E-state index in [2.05, 4.69) is 15.3 Å². The Hall–Kier alpha value is -3.93. The fourth-order valence-electron chi connectivity index (χ4n) is 3.79. The Morgan fingerprint density at radius 3 is 2.55 bits per heavy atom. The molecule has 4 aromatic rings. The second-order valence-electron chi connectivity index (χ2n) is 7.59. The van der Waals surface area contributed by atoms with Gasteiger partial charge in [0.05, 0.1) is 18.2 Å². The lowest BCUT2D eigenvalue weighted by Gasteiger charge is -2.21. The van der Waals surface area contributed by atoms with E-state index in [0.717, 1.165) is 35.1 Å². The van der Waals surface area contributed by atoms with E-state index < -0.39 is 5.54 Å². The van der Waals surface area contributed by atoms with E-state index in [1.807, 2.05) is 36.4 Å². The molecule has 0 spiro atoms. The van der Waals surface area contributed by atoms with Gasteiger partial charge in [0.15, 0.2) is 0 Å². The molecule has 1 fully saturated rings. The van der Waals surface area contributed by atoms with Crippen LogP contribution in [-0.4, -0.2) is 23.0 Å². The van der Waals surface area contributed by atoms with Crippen LogP contribution in [0.5, 0.6) is 17.2 Å². The molecule has 1 N–H and O–H groups in total. The van der Waals surface area contributed by atoms with Crippen molar-refractivity contribution in [3.05, 3.63) is 90.4 Å². The zero-order valence-electron chi connectivity index (χ0n) is 17.0. The molecule has 2 heterocycles. The Labute approximate surface area is 179 Å². The van der Waals surface area contributed by atoms with Crippen molar-refractivity contribution < 1.29 is 14.3 Å². The fourth-order valence-corrected chi connectivity index (χ4v) is 3.79. The Kier molecular flexibility index (Phi) is 4.75. The van der Waals surface area contributed by atoms with E-state index in [9.17, 15) is 4.79 Å². The summed E-state index contributed by atoms with van der Waals surface area (Å²) in [4.78, 5) is 21.6. The molecular weight excluding hydrogens is 390 g/mol. The van der Waals surface area contributed by atoms with Crippen LogP contribution in [0.1, 0.15) is 28.8 Å². The molecule has 0 atom stereocenters. The van der Waals surface area contributed by atoms with Crippen LogP contribution in [0.15, 0.2) is 79.3 Å². The average molecular weight is 411 g/mol. The van der Waals surface area contributed by atoms with Crippen molar-refractivity contribution in [2.75, 3.05) is 7.11 Å². The summed E-state index contributed by atoms with van der Waals surface area (Å²) in [6, 6.07) is 18.6. The van der Waals surface area contributed by atoms with Crippen LogP contribution in [0.2, 0.25) is 0 Å². The van der Waals surface area contributed by atoms with Crippen molar-refractivity contribution in [3.63, 3.8) is 0 Å². The highest BCUT2D eigenvalue weighted by Crippen LogP contribution is 2.49. The molecule has 2 aromatic carbocycles. The number of hydrogen-bond acceptors (Lipinski definition) is 5. The molecule has 0 radical (unpaired) electrons. The molecule has 1 aliphatic rings. The van der Waals surface area contributed by atoms with Gasteiger partial charge in [-0.05, 0) is 60.9 Å². The van der Waals surface area contributed by atoms with Gasteiger partial charge in [0.2, 0.25) is 0 Å². The van der Waals surface area contributed by atoms with Gasteiger partial charge in [-0.25, -0.2) is 0 Å². The summed E-state index contributed by atoms with van der Waals surface area (Å²) >= 11 is 0. The lowest BCUT2D eigenvalue weighted by Crippen LogP contribution is -2.35. The van der Waals surface area contributed by atoms with E-state index >= 15 is 0 Å². The number of carbonyl (C=O) groups excluding carboxylic acids is 1. The molecule has 31 heavy (non-hydrogen) atoms. The molecule has 1 saturated carbocycles.